The van der Waals surface area contributed by atoms with Gasteiger partial charge in [-0.15, -0.1) is 0 Å². The van der Waals surface area contributed by atoms with Crippen LogP contribution in [-0.4, -0.2) is 39.3 Å². The Balaban J connectivity index is 1.83. The fourth-order valence-electron chi connectivity index (χ4n) is 3.78. The fourth-order valence-corrected chi connectivity index (χ4v) is 5.15. The topological polar surface area (TPSA) is 84.5 Å². The van der Waals surface area contributed by atoms with Crippen molar-refractivity contribution in [2.45, 2.75) is 38.5 Å². The number of hydrogen-bond donors (Lipinski definition) is 2. The molecular formula is C24H29FN2O4Si. The third kappa shape index (κ3) is 5.62. The lowest BCUT2D eigenvalue weighted by molar-refractivity contribution is -0.130. The molecule has 6 nitrogen and oxygen atoms in total. The lowest BCUT2D eigenvalue weighted by Gasteiger charge is -2.21. The predicted molar refractivity (Wildman–Crippen MR) is 123 cm³/mol. The Morgan fingerprint density at radius 1 is 1.19 bits per heavy atom. The van der Waals surface area contributed by atoms with Crippen molar-refractivity contribution in [1.82, 2.24) is 10.6 Å². The molecule has 2 N–H and O–H groups in total. The quantitative estimate of drug-likeness (QED) is 0.598. The van der Waals surface area contributed by atoms with Gasteiger partial charge in [0.2, 0.25) is 11.8 Å². The van der Waals surface area contributed by atoms with E-state index < -0.39 is 20.0 Å². The summed E-state index contributed by atoms with van der Waals surface area (Å²) in [7, 11) is -0.285. The van der Waals surface area contributed by atoms with Crippen LogP contribution in [0.15, 0.2) is 42.5 Å². The second kappa shape index (κ2) is 9.64. The van der Waals surface area contributed by atoms with E-state index in [0.29, 0.717) is 22.1 Å². The zero-order valence-corrected chi connectivity index (χ0v) is 19.8. The van der Waals surface area contributed by atoms with Gasteiger partial charge in [-0.3, -0.25) is 14.4 Å². The Morgan fingerprint density at radius 3 is 2.41 bits per heavy atom. The summed E-state index contributed by atoms with van der Waals surface area (Å²) in [5.74, 6) is -1.00. The average Bonchev–Trinajstić information content (AvgIpc) is 3.17. The lowest BCUT2D eigenvalue weighted by Crippen LogP contribution is -2.40. The summed E-state index contributed by atoms with van der Waals surface area (Å²) < 4.78 is 19.8. The Kier molecular flexibility index (Phi) is 7.13. The lowest BCUT2D eigenvalue weighted by atomic mass is 9.96. The van der Waals surface area contributed by atoms with Crippen LogP contribution in [-0.2, 0) is 20.8 Å². The summed E-state index contributed by atoms with van der Waals surface area (Å²) in [5.41, 5.74) is 1.15. The number of ketones is 1. The molecule has 1 heterocycles. The van der Waals surface area contributed by atoms with Crippen LogP contribution in [0.5, 0.6) is 5.75 Å². The molecule has 1 fully saturated rings. The molecular weight excluding hydrogens is 427 g/mol. The summed E-state index contributed by atoms with van der Waals surface area (Å²) in [6.45, 7) is 6.44. The minimum atomic E-state index is -1.83. The molecule has 0 saturated carbocycles. The van der Waals surface area contributed by atoms with Crippen LogP contribution in [0.3, 0.4) is 0 Å². The molecule has 0 bridgehead atoms. The van der Waals surface area contributed by atoms with Crippen molar-refractivity contribution >= 4 is 30.9 Å². The van der Waals surface area contributed by atoms with E-state index in [-0.39, 0.29) is 42.8 Å². The first-order chi connectivity index (χ1) is 15.1. The Morgan fingerprint density at radius 2 is 1.88 bits per heavy atom. The van der Waals surface area contributed by atoms with Gasteiger partial charge in [0.25, 0.3) is 0 Å². The molecule has 0 spiro atoms. The highest BCUT2D eigenvalue weighted by atomic mass is 28.3. The van der Waals surface area contributed by atoms with Crippen molar-refractivity contribution in [3.63, 3.8) is 0 Å². The first kappa shape index (κ1) is 23.7. The molecule has 0 radical (unpaired) electrons. The molecule has 2 amide bonds. The summed E-state index contributed by atoms with van der Waals surface area (Å²) in [6.07, 6.45) is 0.0699. The number of benzene rings is 2. The van der Waals surface area contributed by atoms with Gasteiger partial charge in [-0.05, 0) is 34.5 Å². The van der Waals surface area contributed by atoms with E-state index in [1.165, 1.54) is 6.07 Å². The average molecular weight is 457 g/mol. The van der Waals surface area contributed by atoms with Crippen molar-refractivity contribution in [2.24, 2.45) is 5.92 Å². The Bertz CT molecular complexity index is 1020. The van der Waals surface area contributed by atoms with Gasteiger partial charge in [0.1, 0.15) is 17.6 Å². The largest absolute Gasteiger partial charge is 0.497 e. The molecule has 1 saturated heterocycles. The maximum Gasteiger partial charge on any atom is 0.226 e. The van der Waals surface area contributed by atoms with Crippen LogP contribution in [0.25, 0.3) is 0 Å². The number of amides is 2. The Hall–Kier alpha value is -3.00. The molecule has 170 valence electrons. The molecule has 2 aromatic rings. The highest BCUT2D eigenvalue weighted by Crippen LogP contribution is 2.22. The van der Waals surface area contributed by atoms with E-state index in [1.807, 2.05) is 0 Å². The number of rotatable bonds is 8. The number of Topliss-reactive ketones (excluding diaryl/α,β-unsaturated/α-hetero) is 1. The van der Waals surface area contributed by atoms with Gasteiger partial charge < -0.3 is 15.4 Å². The Labute approximate surface area is 188 Å². The van der Waals surface area contributed by atoms with Crippen molar-refractivity contribution in [3.8, 4) is 5.75 Å². The third-order valence-corrected chi connectivity index (χ3v) is 7.65. The van der Waals surface area contributed by atoms with Crippen LogP contribution in [0.1, 0.15) is 23.6 Å². The molecule has 1 aliphatic rings. The van der Waals surface area contributed by atoms with Crippen LogP contribution in [0, 0.1) is 11.7 Å². The minimum Gasteiger partial charge on any atom is -0.497 e. The second-order valence-electron chi connectivity index (χ2n) is 9.13. The fraction of sp³-hybridized carbons (Fsp3) is 0.375. The molecule has 2 aromatic carbocycles. The van der Waals surface area contributed by atoms with Crippen LogP contribution in [0.2, 0.25) is 19.6 Å². The monoisotopic (exact) mass is 456 g/mol. The molecule has 0 aliphatic carbocycles. The predicted octanol–water partition coefficient (Wildman–Crippen LogP) is 2.48. The number of nitrogens with one attached hydrogen (secondary N) is 2. The number of methoxy groups -OCH3 is 1. The number of carbonyl (C=O) groups excluding carboxylic acids is 3. The van der Waals surface area contributed by atoms with Crippen LogP contribution < -0.4 is 20.6 Å². The summed E-state index contributed by atoms with van der Waals surface area (Å²) in [4.78, 5) is 37.4. The zero-order chi connectivity index (χ0) is 23.5. The first-order valence-electron chi connectivity index (χ1n) is 10.6. The molecule has 0 aromatic heterocycles. The van der Waals surface area contributed by atoms with Gasteiger partial charge in [-0.2, -0.15) is 0 Å². The zero-order valence-electron chi connectivity index (χ0n) is 18.8. The van der Waals surface area contributed by atoms with E-state index in [4.69, 9.17) is 4.74 Å². The molecule has 3 rings (SSSR count). The van der Waals surface area contributed by atoms with Crippen molar-refractivity contribution in [3.05, 3.63) is 59.4 Å². The smallest absolute Gasteiger partial charge is 0.226 e. The SMILES string of the molecule is COc1ccc([C@@H](NC(=O)[C@@H]2CNC(=O)C2)C(=O)Cc2ccc([Si](C)(C)C)c(F)c2)cc1. The number of carbonyl (C=O) groups is 3. The van der Waals surface area contributed by atoms with E-state index in [1.54, 1.807) is 43.5 Å². The van der Waals surface area contributed by atoms with Crippen molar-refractivity contribution in [2.75, 3.05) is 13.7 Å². The van der Waals surface area contributed by atoms with Gasteiger partial charge >= 0.3 is 0 Å². The van der Waals surface area contributed by atoms with Gasteiger partial charge in [0.05, 0.1) is 21.1 Å². The minimum absolute atomic E-state index is 0.0261. The molecule has 1 aliphatic heterocycles. The highest BCUT2D eigenvalue weighted by molar-refractivity contribution is 6.88. The van der Waals surface area contributed by atoms with Crippen LogP contribution >= 0.6 is 0 Å². The van der Waals surface area contributed by atoms with Crippen LogP contribution in [0.4, 0.5) is 4.39 Å². The highest BCUT2D eigenvalue weighted by Gasteiger charge is 2.32. The van der Waals surface area contributed by atoms with E-state index in [2.05, 4.69) is 30.3 Å². The van der Waals surface area contributed by atoms with Gasteiger partial charge in [0.15, 0.2) is 5.78 Å². The molecule has 2 atom stereocenters. The molecule has 32 heavy (non-hydrogen) atoms. The number of ether oxygens (including phenoxy) is 1. The van der Waals surface area contributed by atoms with Gasteiger partial charge in [-0.25, -0.2) is 4.39 Å². The maximum atomic E-state index is 14.7. The molecule has 0 unspecified atom stereocenters. The van der Waals surface area contributed by atoms with E-state index in [9.17, 15) is 18.8 Å². The standard InChI is InChI=1S/C24H29FN2O4Si/c1-31-18-8-6-16(7-9-18)23(27-24(30)17-13-22(29)26-14-17)20(28)12-15-5-10-21(19(25)11-15)32(2,3)4/h5-11,17,23H,12-14H2,1-4H3,(H,26,29)(H,27,30)/t17-,23+/m0/s1. The second-order valence-corrected chi connectivity index (χ2v) is 14.2. The normalized spacial score (nSPS) is 16.9. The van der Waals surface area contributed by atoms with Gasteiger partial charge in [-0.1, -0.05) is 43.9 Å². The summed E-state index contributed by atoms with van der Waals surface area (Å²) >= 11 is 0. The van der Waals surface area contributed by atoms with Gasteiger partial charge in [0, 0.05) is 19.4 Å². The summed E-state index contributed by atoms with van der Waals surface area (Å²) in [5, 5.41) is 6.14. The number of hydrogen-bond acceptors (Lipinski definition) is 4. The van der Waals surface area contributed by atoms with Crippen molar-refractivity contribution in [1.29, 1.82) is 0 Å². The first-order valence-corrected chi connectivity index (χ1v) is 14.1. The third-order valence-electron chi connectivity index (χ3n) is 5.63. The molecule has 8 heteroatoms. The number of halogens is 1. The van der Waals surface area contributed by atoms with E-state index >= 15 is 0 Å². The maximum absolute atomic E-state index is 14.7. The summed E-state index contributed by atoms with van der Waals surface area (Å²) in [6, 6.07) is 10.9. The van der Waals surface area contributed by atoms with E-state index in [0.717, 1.165) is 0 Å². The van der Waals surface area contributed by atoms with Crippen molar-refractivity contribution < 1.29 is 23.5 Å².